The zero-order valence-corrected chi connectivity index (χ0v) is 24.2. The second-order valence-corrected chi connectivity index (χ2v) is 11.4. The van der Waals surface area contributed by atoms with E-state index in [1.54, 1.807) is 30.3 Å². The number of nitrogens with two attached hydrogens (primary N) is 1. The highest BCUT2D eigenvalue weighted by atomic mass is 31.2. The Balaban J connectivity index is 1.59. The van der Waals surface area contributed by atoms with Gasteiger partial charge in [0.05, 0.1) is 12.8 Å². The maximum Gasteiger partial charge on any atom is 0.460 e. The van der Waals surface area contributed by atoms with E-state index >= 15 is 0 Å². The van der Waals surface area contributed by atoms with E-state index in [1.807, 2.05) is 6.07 Å². The number of methoxy groups -OCH3 is 1. The Hall–Kier alpha value is -4.55. The summed E-state index contributed by atoms with van der Waals surface area (Å²) in [4.78, 5) is 41.0. The van der Waals surface area contributed by atoms with Crippen molar-refractivity contribution < 1.29 is 46.9 Å². The fourth-order valence-electron chi connectivity index (χ4n) is 5.20. The van der Waals surface area contributed by atoms with Gasteiger partial charge in [-0.2, -0.15) is 15.4 Å². The van der Waals surface area contributed by atoms with Crippen LogP contribution in [-0.2, 0) is 42.4 Å². The van der Waals surface area contributed by atoms with Crippen LogP contribution in [0, 0.1) is 11.3 Å². The van der Waals surface area contributed by atoms with Crippen molar-refractivity contribution >= 4 is 37.0 Å². The number of hydrogen-bond donors (Lipinski definition) is 2. The van der Waals surface area contributed by atoms with E-state index in [9.17, 15) is 24.2 Å². The molecular weight excluding hydrogens is 587 g/mol. The molecule has 2 aromatic heterocycles. The molecule has 226 valence electrons. The van der Waals surface area contributed by atoms with Crippen LogP contribution in [-0.4, -0.2) is 69.1 Å². The summed E-state index contributed by atoms with van der Waals surface area (Å²) in [5.41, 5.74) is 2.36. The molecule has 3 aromatic rings. The number of fused-ring (bicyclic) bond motifs is 2. The van der Waals surface area contributed by atoms with Gasteiger partial charge in [-0.05, 0) is 31.2 Å². The van der Waals surface area contributed by atoms with Gasteiger partial charge in [-0.15, -0.1) is 0 Å². The van der Waals surface area contributed by atoms with E-state index in [-0.39, 0.29) is 17.3 Å². The van der Waals surface area contributed by atoms with Crippen molar-refractivity contribution in [1.29, 1.82) is 5.26 Å². The predicted octanol–water partition coefficient (Wildman–Crippen LogP) is 1.62. The molecule has 3 N–H and O–H groups in total. The minimum atomic E-state index is -4.60. The normalized spacial score (nSPS) is 27.7. The molecule has 17 heteroatoms. The molecule has 1 unspecified atom stereocenters. The average Bonchev–Trinajstić information content (AvgIpc) is 3.21. The van der Waals surface area contributed by atoms with E-state index in [0.717, 1.165) is 21.0 Å². The van der Waals surface area contributed by atoms with Crippen molar-refractivity contribution in [3.63, 3.8) is 0 Å². The van der Waals surface area contributed by atoms with Crippen LogP contribution in [0.2, 0.25) is 0 Å². The van der Waals surface area contributed by atoms with E-state index in [1.165, 1.54) is 29.9 Å². The molecule has 1 saturated carbocycles. The summed E-state index contributed by atoms with van der Waals surface area (Å²) in [7, 11) is -3.46. The summed E-state index contributed by atoms with van der Waals surface area (Å²) in [6.07, 6.45) is -3.18. The van der Waals surface area contributed by atoms with Gasteiger partial charge in [0.15, 0.2) is 18.0 Å². The third-order valence-electron chi connectivity index (χ3n) is 6.96. The maximum absolute atomic E-state index is 14.2. The van der Waals surface area contributed by atoms with Gasteiger partial charge in [0.1, 0.15) is 35.8 Å². The minimum Gasteiger partial charge on any atom is -0.468 e. The lowest BCUT2D eigenvalue weighted by atomic mass is 10.0. The lowest BCUT2D eigenvalue weighted by molar-refractivity contribution is -0.174. The summed E-state index contributed by atoms with van der Waals surface area (Å²) in [5.74, 6) is -2.25. The predicted molar refractivity (Wildman–Crippen MR) is 144 cm³/mol. The molecular formula is C26H27N6O10P. The molecule has 0 radical (unpaired) electrons. The molecule has 2 aliphatic rings. The number of esters is 3. The minimum absolute atomic E-state index is 0.0843. The lowest BCUT2D eigenvalue weighted by Crippen LogP contribution is -2.43. The molecule has 2 fully saturated rings. The van der Waals surface area contributed by atoms with Crippen molar-refractivity contribution in [2.75, 3.05) is 12.8 Å². The first-order valence-corrected chi connectivity index (χ1v) is 14.4. The number of carbonyl (C=O) groups excluding carboxylic acids is 3. The Kier molecular flexibility index (Phi) is 7.61. The number of nitrogens with one attached hydrogen (secondary N) is 1. The van der Waals surface area contributed by atoms with Crippen LogP contribution in [0.1, 0.15) is 32.6 Å². The number of rotatable bonds is 10. The highest BCUT2D eigenvalue weighted by Crippen LogP contribution is 2.70. The first-order chi connectivity index (χ1) is 20.4. The van der Waals surface area contributed by atoms with Crippen molar-refractivity contribution in [3.8, 4) is 11.8 Å². The second-order valence-electron chi connectivity index (χ2n) is 9.76. The number of nitriles is 1. The molecule has 43 heavy (non-hydrogen) atoms. The van der Waals surface area contributed by atoms with Crippen LogP contribution >= 0.6 is 7.75 Å². The number of hydrogen-bond acceptors (Lipinski definition) is 14. The maximum atomic E-state index is 14.2. The van der Waals surface area contributed by atoms with E-state index in [2.05, 4.69) is 15.2 Å². The van der Waals surface area contributed by atoms with Crippen LogP contribution in [0.4, 0.5) is 5.82 Å². The molecule has 3 heterocycles. The smallest absolute Gasteiger partial charge is 0.460 e. The van der Waals surface area contributed by atoms with Crippen molar-refractivity contribution in [2.24, 2.45) is 0 Å². The molecule has 7 atom stereocenters. The van der Waals surface area contributed by atoms with Crippen molar-refractivity contribution in [1.82, 2.24) is 19.7 Å². The fraction of sp³-hybridized carbons (Fsp3) is 0.385. The van der Waals surface area contributed by atoms with Crippen LogP contribution in [0.5, 0.6) is 5.75 Å². The Morgan fingerprint density at radius 3 is 2.53 bits per heavy atom. The van der Waals surface area contributed by atoms with Gasteiger partial charge in [0.2, 0.25) is 11.2 Å². The highest BCUT2D eigenvalue weighted by molar-refractivity contribution is 7.52. The molecule has 5 rings (SSSR count). The number of carbonyl (C=O) groups is 3. The Bertz CT molecular complexity index is 1680. The standard InChI is InChI=1S/C26H27N6O10P/c1-14(23(35)37-4)31-43(36,41-17-8-6-5-7-9-17)42-24-25(12-27)26(24,39-16(3)34)21(38-15(2)33)20(40-25)18-10-11-19-22(28)29-13-30-32(18)19/h5-11,13-14,20-21,24H,1-4H3,(H,31,36)(H2,28,29,30)/t14-,20-,21-,24?,25+,26+,43+/m0/s1. The number of ether oxygens (including phenoxy) is 4. The van der Waals surface area contributed by atoms with Crippen LogP contribution in [0.15, 0.2) is 48.8 Å². The molecule has 1 aromatic carbocycles. The number of para-hydroxylation sites is 1. The topological polar surface area (TPSA) is 216 Å². The largest absolute Gasteiger partial charge is 0.468 e. The number of aromatic nitrogens is 3. The Labute approximate surface area is 244 Å². The lowest BCUT2D eigenvalue weighted by Gasteiger charge is -2.29. The van der Waals surface area contributed by atoms with E-state index in [4.69, 9.17) is 33.7 Å². The van der Waals surface area contributed by atoms with Crippen LogP contribution in [0.25, 0.3) is 5.52 Å². The first-order valence-electron chi connectivity index (χ1n) is 12.8. The first kappa shape index (κ1) is 29.9. The molecule has 0 amide bonds. The van der Waals surface area contributed by atoms with Gasteiger partial charge < -0.3 is 29.2 Å². The highest BCUT2D eigenvalue weighted by Gasteiger charge is 2.95. The Morgan fingerprint density at radius 1 is 1.19 bits per heavy atom. The molecule has 1 saturated heterocycles. The van der Waals surface area contributed by atoms with Gasteiger partial charge >= 0.3 is 25.7 Å². The zero-order chi connectivity index (χ0) is 31.2. The fourth-order valence-corrected chi connectivity index (χ4v) is 6.92. The molecule has 16 nitrogen and oxygen atoms in total. The van der Waals surface area contributed by atoms with Crippen LogP contribution < -0.4 is 15.3 Å². The molecule has 0 bridgehead atoms. The van der Waals surface area contributed by atoms with Crippen molar-refractivity contribution in [2.45, 2.75) is 56.3 Å². The summed E-state index contributed by atoms with van der Waals surface area (Å²) < 4.78 is 49.4. The van der Waals surface area contributed by atoms with Crippen LogP contribution in [0.3, 0.4) is 0 Å². The molecule has 1 aliphatic carbocycles. The second kappa shape index (κ2) is 10.9. The number of nitrogens with zero attached hydrogens (tertiary/aromatic N) is 4. The molecule has 1 aliphatic heterocycles. The van der Waals surface area contributed by atoms with Gasteiger partial charge in [-0.3, -0.25) is 18.9 Å². The third kappa shape index (κ3) is 4.96. The van der Waals surface area contributed by atoms with Gasteiger partial charge in [0, 0.05) is 13.8 Å². The van der Waals surface area contributed by atoms with Crippen molar-refractivity contribution in [3.05, 3.63) is 54.5 Å². The van der Waals surface area contributed by atoms with Gasteiger partial charge in [0.25, 0.3) is 0 Å². The summed E-state index contributed by atoms with van der Waals surface area (Å²) in [6.45, 7) is 3.54. The van der Waals surface area contributed by atoms with E-state index < -0.39 is 61.2 Å². The van der Waals surface area contributed by atoms with Gasteiger partial charge in [-0.25, -0.2) is 14.1 Å². The zero-order valence-electron chi connectivity index (χ0n) is 23.3. The van der Waals surface area contributed by atoms with Gasteiger partial charge in [-0.1, -0.05) is 18.2 Å². The quantitative estimate of drug-likeness (QED) is 0.188. The monoisotopic (exact) mass is 614 g/mol. The van der Waals surface area contributed by atoms with E-state index in [0.29, 0.717) is 5.52 Å². The number of anilines is 1. The SMILES string of the molecule is COC(=O)[C@H](C)N[P@@](=O)(Oc1ccccc1)OC1[C@@]2(C#N)O[C@@H](c3ccc4c(N)ncnn34)[C@H](OC(C)=O)[C@@]12OC(C)=O. The number of benzene rings is 1. The summed E-state index contributed by atoms with van der Waals surface area (Å²) >= 11 is 0. The molecule has 0 spiro atoms. The Morgan fingerprint density at radius 2 is 1.91 bits per heavy atom. The summed E-state index contributed by atoms with van der Waals surface area (Å²) in [5, 5.41) is 17.1. The number of nitrogen functional groups attached to an aromatic ring is 1. The summed E-state index contributed by atoms with van der Waals surface area (Å²) in [6, 6.07) is 11.8. The average molecular weight is 615 g/mol. The third-order valence-corrected chi connectivity index (χ3v) is 8.60.